The van der Waals surface area contributed by atoms with Gasteiger partial charge in [-0.1, -0.05) is 24.3 Å². The minimum atomic E-state index is -4.76. The van der Waals surface area contributed by atoms with Crippen molar-refractivity contribution in [1.82, 2.24) is 15.1 Å². The second-order valence-corrected chi connectivity index (χ2v) is 6.09. The Kier molecular flexibility index (Phi) is 5.34. The summed E-state index contributed by atoms with van der Waals surface area (Å²) in [6.45, 7) is 1.59. The number of hydrogen-bond donors (Lipinski definition) is 1. The van der Waals surface area contributed by atoms with Crippen LogP contribution >= 0.6 is 0 Å². The molecule has 0 aliphatic rings. The van der Waals surface area contributed by atoms with Crippen LogP contribution in [0.2, 0.25) is 0 Å². The standard InChI is InChI=1S/C19H16F3N3O3/c1-12(13-6-8-14(9-7-13)28-19(20,21)22)24-18(27)11-25-16-5-3-2-4-15(16)17(26)10-23-25/h2-10,12H,11H2,1H3,(H,24,27). The molecule has 0 aliphatic heterocycles. The predicted molar refractivity (Wildman–Crippen MR) is 95.7 cm³/mol. The highest BCUT2D eigenvalue weighted by molar-refractivity contribution is 5.81. The van der Waals surface area contributed by atoms with Crippen molar-refractivity contribution in [2.24, 2.45) is 0 Å². The third-order valence-electron chi connectivity index (χ3n) is 4.05. The molecule has 0 spiro atoms. The maximum absolute atomic E-state index is 12.4. The van der Waals surface area contributed by atoms with Crippen LogP contribution in [0.15, 0.2) is 59.5 Å². The number of carbonyl (C=O) groups is 1. The SMILES string of the molecule is CC(NC(=O)Cn1ncc(=O)c2ccccc21)c1ccc(OC(F)(F)F)cc1. The molecule has 146 valence electrons. The van der Waals surface area contributed by atoms with E-state index in [0.717, 1.165) is 6.20 Å². The van der Waals surface area contributed by atoms with Crippen LogP contribution in [0.25, 0.3) is 10.9 Å². The molecule has 28 heavy (non-hydrogen) atoms. The van der Waals surface area contributed by atoms with E-state index in [4.69, 9.17) is 0 Å². The molecule has 0 radical (unpaired) electrons. The van der Waals surface area contributed by atoms with E-state index in [1.807, 2.05) is 0 Å². The second-order valence-electron chi connectivity index (χ2n) is 6.09. The first kappa shape index (κ1) is 19.4. The molecule has 1 amide bonds. The minimum Gasteiger partial charge on any atom is -0.406 e. The first-order valence-corrected chi connectivity index (χ1v) is 8.33. The van der Waals surface area contributed by atoms with E-state index in [-0.39, 0.29) is 23.6 Å². The molecule has 6 nitrogen and oxygen atoms in total. The van der Waals surface area contributed by atoms with Crippen molar-refractivity contribution in [3.05, 3.63) is 70.5 Å². The fourth-order valence-electron chi connectivity index (χ4n) is 2.75. The summed E-state index contributed by atoms with van der Waals surface area (Å²) in [7, 11) is 0. The first-order chi connectivity index (χ1) is 13.2. The molecule has 1 N–H and O–H groups in total. The Hall–Kier alpha value is -3.36. The normalized spacial score (nSPS) is 12.6. The van der Waals surface area contributed by atoms with Gasteiger partial charge in [0.05, 0.1) is 17.8 Å². The van der Waals surface area contributed by atoms with E-state index in [0.29, 0.717) is 16.5 Å². The fourth-order valence-corrected chi connectivity index (χ4v) is 2.75. The predicted octanol–water partition coefficient (Wildman–Crippen LogP) is 3.17. The maximum Gasteiger partial charge on any atom is 0.573 e. The van der Waals surface area contributed by atoms with Crippen molar-refractivity contribution in [3.8, 4) is 5.75 Å². The van der Waals surface area contributed by atoms with E-state index >= 15 is 0 Å². The van der Waals surface area contributed by atoms with Crippen LogP contribution in [-0.2, 0) is 11.3 Å². The summed E-state index contributed by atoms with van der Waals surface area (Å²) in [6, 6.07) is 11.6. The largest absolute Gasteiger partial charge is 0.573 e. The Bertz CT molecular complexity index is 1050. The summed E-state index contributed by atoms with van der Waals surface area (Å²) >= 11 is 0. The van der Waals surface area contributed by atoms with E-state index in [1.54, 1.807) is 31.2 Å². The van der Waals surface area contributed by atoms with Crippen molar-refractivity contribution >= 4 is 16.8 Å². The Balaban J connectivity index is 1.68. The van der Waals surface area contributed by atoms with Crippen LogP contribution in [0.1, 0.15) is 18.5 Å². The molecule has 0 fully saturated rings. The molecule has 2 aromatic carbocycles. The van der Waals surface area contributed by atoms with Gasteiger partial charge < -0.3 is 10.1 Å². The zero-order valence-corrected chi connectivity index (χ0v) is 14.7. The number of aromatic nitrogens is 2. The molecule has 0 aliphatic carbocycles. The number of alkyl halides is 3. The molecular formula is C19H16F3N3O3. The molecule has 1 aromatic heterocycles. The molecule has 0 saturated carbocycles. The third kappa shape index (κ3) is 4.67. The van der Waals surface area contributed by atoms with E-state index in [9.17, 15) is 22.8 Å². The van der Waals surface area contributed by atoms with Crippen LogP contribution in [0.3, 0.4) is 0 Å². The van der Waals surface area contributed by atoms with Crippen LogP contribution in [-0.4, -0.2) is 22.1 Å². The molecule has 1 unspecified atom stereocenters. The summed E-state index contributed by atoms with van der Waals surface area (Å²) < 4.78 is 41.9. The molecule has 9 heteroatoms. The summed E-state index contributed by atoms with van der Waals surface area (Å²) in [5.41, 5.74) is 0.911. The van der Waals surface area contributed by atoms with Crippen molar-refractivity contribution in [2.45, 2.75) is 25.9 Å². The average Bonchev–Trinajstić information content (AvgIpc) is 2.63. The number of hydrogen-bond acceptors (Lipinski definition) is 4. The molecule has 3 rings (SSSR count). The number of benzene rings is 2. The zero-order chi connectivity index (χ0) is 20.3. The van der Waals surface area contributed by atoms with Crippen LogP contribution in [0, 0.1) is 0 Å². The summed E-state index contributed by atoms with van der Waals surface area (Å²) in [5, 5.41) is 7.20. The lowest BCUT2D eigenvalue weighted by Crippen LogP contribution is -2.31. The lowest BCUT2D eigenvalue weighted by Gasteiger charge is -2.16. The van der Waals surface area contributed by atoms with Crippen molar-refractivity contribution in [3.63, 3.8) is 0 Å². The van der Waals surface area contributed by atoms with Gasteiger partial charge in [-0.15, -0.1) is 13.2 Å². The highest BCUT2D eigenvalue weighted by Gasteiger charge is 2.31. The van der Waals surface area contributed by atoms with Gasteiger partial charge in [0.1, 0.15) is 12.3 Å². The smallest absolute Gasteiger partial charge is 0.406 e. The van der Waals surface area contributed by atoms with Gasteiger partial charge in [0.15, 0.2) is 0 Å². The van der Waals surface area contributed by atoms with E-state index < -0.39 is 12.4 Å². The molecule has 0 bridgehead atoms. The molecule has 3 aromatic rings. The van der Waals surface area contributed by atoms with Gasteiger partial charge in [-0.2, -0.15) is 5.10 Å². The first-order valence-electron chi connectivity index (χ1n) is 8.33. The zero-order valence-electron chi connectivity index (χ0n) is 14.7. The molecule has 1 heterocycles. The highest BCUT2D eigenvalue weighted by atomic mass is 19.4. The topological polar surface area (TPSA) is 73.2 Å². The highest BCUT2D eigenvalue weighted by Crippen LogP contribution is 2.24. The summed E-state index contributed by atoms with van der Waals surface area (Å²) in [6.07, 6.45) is -3.60. The van der Waals surface area contributed by atoms with Gasteiger partial charge in [0.25, 0.3) is 0 Å². The monoisotopic (exact) mass is 391 g/mol. The number of ether oxygens (including phenoxy) is 1. The van der Waals surface area contributed by atoms with Crippen molar-refractivity contribution < 1.29 is 22.7 Å². The average molecular weight is 391 g/mol. The van der Waals surface area contributed by atoms with Gasteiger partial charge in [-0.3, -0.25) is 14.3 Å². The van der Waals surface area contributed by atoms with Crippen molar-refractivity contribution in [2.75, 3.05) is 0 Å². The second kappa shape index (κ2) is 7.71. The Morgan fingerprint density at radius 2 is 1.86 bits per heavy atom. The van der Waals surface area contributed by atoms with E-state index in [2.05, 4.69) is 15.2 Å². The van der Waals surface area contributed by atoms with Gasteiger partial charge >= 0.3 is 6.36 Å². The fraction of sp³-hybridized carbons (Fsp3) is 0.211. The number of rotatable bonds is 5. The van der Waals surface area contributed by atoms with Crippen LogP contribution < -0.4 is 15.5 Å². The summed E-state index contributed by atoms with van der Waals surface area (Å²) in [5.74, 6) is -0.692. The lowest BCUT2D eigenvalue weighted by atomic mass is 10.1. The lowest BCUT2D eigenvalue weighted by molar-refractivity contribution is -0.274. The molecule has 0 saturated heterocycles. The number of fused-ring (bicyclic) bond motifs is 1. The maximum atomic E-state index is 12.4. The van der Waals surface area contributed by atoms with E-state index in [1.165, 1.54) is 28.9 Å². The third-order valence-corrected chi connectivity index (χ3v) is 4.05. The molecular weight excluding hydrogens is 375 g/mol. The van der Waals surface area contributed by atoms with Gasteiger partial charge in [0, 0.05) is 5.39 Å². The Morgan fingerprint density at radius 1 is 1.18 bits per heavy atom. The van der Waals surface area contributed by atoms with Gasteiger partial charge in [-0.25, -0.2) is 0 Å². The Labute approximate surface area is 157 Å². The van der Waals surface area contributed by atoms with Gasteiger partial charge in [-0.05, 0) is 36.8 Å². The number of para-hydroxylation sites is 1. The number of halogens is 3. The number of nitrogens with one attached hydrogen (secondary N) is 1. The van der Waals surface area contributed by atoms with Gasteiger partial charge in [0.2, 0.25) is 11.3 Å². The van der Waals surface area contributed by atoms with Crippen molar-refractivity contribution in [1.29, 1.82) is 0 Å². The minimum absolute atomic E-state index is 0.111. The van der Waals surface area contributed by atoms with Crippen LogP contribution in [0.4, 0.5) is 13.2 Å². The number of carbonyl (C=O) groups excluding carboxylic acids is 1. The summed E-state index contributed by atoms with van der Waals surface area (Å²) in [4.78, 5) is 24.2. The number of amides is 1. The quantitative estimate of drug-likeness (QED) is 0.725. The number of nitrogens with zero attached hydrogens (tertiary/aromatic N) is 2. The van der Waals surface area contributed by atoms with Crippen LogP contribution in [0.5, 0.6) is 5.75 Å². The Morgan fingerprint density at radius 3 is 2.54 bits per heavy atom. The molecule has 1 atom stereocenters.